The van der Waals surface area contributed by atoms with E-state index in [0.717, 1.165) is 11.1 Å². The third-order valence-electron chi connectivity index (χ3n) is 6.57. The highest BCUT2D eigenvalue weighted by molar-refractivity contribution is 5.84. The van der Waals surface area contributed by atoms with Gasteiger partial charge in [-0.15, -0.1) is 0 Å². The van der Waals surface area contributed by atoms with Crippen molar-refractivity contribution in [3.05, 3.63) is 71.8 Å². The quantitative estimate of drug-likeness (QED) is 0.716. The summed E-state index contributed by atoms with van der Waals surface area (Å²) in [6.07, 6.45) is 0.140. The van der Waals surface area contributed by atoms with Crippen molar-refractivity contribution < 1.29 is 19.1 Å². The number of nitrogens with zero attached hydrogens (tertiary/aromatic N) is 2. The molecule has 2 amide bonds. The minimum absolute atomic E-state index is 0.00982. The van der Waals surface area contributed by atoms with Crippen LogP contribution >= 0.6 is 0 Å². The van der Waals surface area contributed by atoms with Gasteiger partial charge in [0.15, 0.2) is 0 Å². The van der Waals surface area contributed by atoms with Crippen LogP contribution in [0, 0.1) is 0 Å². The normalized spacial score (nSPS) is 26.1. The Morgan fingerprint density at radius 2 is 1.09 bits per heavy atom. The van der Waals surface area contributed by atoms with Gasteiger partial charge < -0.3 is 19.3 Å². The number of carbonyl (C=O) groups is 2. The highest BCUT2D eigenvalue weighted by atomic mass is 16.5. The van der Waals surface area contributed by atoms with E-state index >= 15 is 0 Å². The number of rotatable bonds is 5. The molecule has 0 aliphatic carbocycles. The van der Waals surface area contributed by atoms with Crippen molar-refractivity contribution in [1.29, 1.82) is 0 Å². The van der Waals surface area contributed by atoms with Crippen molar-refractivity contribution in [1.82, 2.24) is 9.80 Å². The number of morpholine rings is 2. The minimum atomic E-state index is -0.143. The number of carbonyl (C=O) groups excluding carboxylic acids is 2. The molecule has 170 valence electrons. The molecular weight excluding hydrogens is 404 g/mol. The Hall–Kier alpha value is -2.70. The smallest absolute Gasteiger partial charge is 0.223 e. The Morgan fingerprint density at radius 3 is 1.47 bits per heavy atom. The van der Waals surface area contributed by atoms with E-state index in [1.165, 1.54) is 0 Å². The monoisotopic (exact) mass is 436 g/mol. The fourth-order valence-corrected chi connectivity index (χ4v) is 4.81. The summed E-state index contributed by atoms with van der Waals surface area (Å²) < 4.78 is 11.9. The third kappa shape index (κ3) is 4.87. The van der Waals surface area contributed by atoms with Crippen molar-refractivity contribution in [2.75, 3.05) is 26.3 Å². The fourth-order valence-electron chi connectivity index (χ4n) is 4.81. The van der Waals surface area contributed by atoms with Gasteiger partial charge in [-0.25, -0.2) is 0 Å². The number of hydrogen-bond acceptors (Lipinski definition) is 4. The maximum absolute atomic E-state index is 13.0. The lowest BCUT2D eigenvalue weighted by Gasteiger charge is -2.41. The molecule has 0 N–H and O–H groups in total. The van der Waals surface area contributed by atoms with Crippen LogP contribution in [-0.2, 0) is 19.1 Å². The summed E-state index contributed by atoms with van der Waals surface area (Å²) in [6, 6.07) is 19.9. The van der Waals surface area contributed by atoms with Gasteiger partial charge in [-0.1, -0.05) is 60.7 Å². The molecule has 0 bridgehead atoms. The summed E-state index contributed by atoms with van der Waals surface area (Å²) in [7, 11) is 0. The highest BCUT2D eigenvalue weighted by Crippen LogP contribution is 2.30. The average molecular weight is 437 g/mol. The number of amides is 2. The first-order valence-electron chi connectivity index (χ1n) is 11.5. The summed E-state index contributed by atoms with van der Waals surface area (Å²) in [4.78, 5) is 29.8. The summed E-state index contributed by atoms with van der Waals surface area (Å²) in [5.74, 6) is 0.0196. The first-order chi connectivity index (χ1) is 15.6. The molecule has 2 saturated heterocycles. The van der Waals surface area contributed by atoms with Gasteiger partial charge >= 0.3 is 0 Å². The van der Waals surface area contributed by atoms with E-state index in [1.54, 1.807) is 0 Å². The van der Waals surface area contributed by atoms with Crippen molar-refractivity contribution in [3.8, 4) is 0 Å². The largest absolute Gasteiger partial charge is 0.370 e. The van der Waals surface area contributed by atoms with E-state index in [-0.39, 0.29) is 48.9 Å². The molecule has 0 unspecified atom stereocenters. The van der Waals surface area contributed by atoms with Gasteiger partial charge in [-0.05, 0) is 25.0 Å². The van der Waals surface area contributed by atoms with Gasteiger partial charge in [-0.3, -0.25) is 9.59 Å². The maximum atomic E-state index is 13.0. The standard InChI is InChI=1S/C26H32N2O4/c1-19-25(21-9-5-3-6-10-21)31-17-15-27(19)23(29)13-14-24(30)28-16-18-32-26(20(28)2)22-11-7-4-8-12-22/h3-12,19-20,25-26H,13-18H2,1-2H3/t19-,20+,25-,26-/m0/s1. The predicted molar refractivity (Wildman–Crippen MR) is 122 cm³/mol. The van der Waals surface area contributed by atoms with Gasteiger partial charge in [0.1, 0.15) is 12.2 Å². The average Bonchev–Trinajstić information content (AvgIpc) is 2.83. The summed E-state index contributed by atoms with van der Waals surface area (Å²) in [5.41, 5.74) is 2.14. The van der Waals surface area contributed by atoms with Crippen molar-refractivity contribution in [2.24, 2.45) is 0 Å². The van der Waals surface area contributed by atoms with E-state index in [9.17, 15) is 9.59 Å². The summed E-state index contributed by atoms with van der Waals surface area (Å²) >= 11 is 0. The molecule has 6 heteroatoms. The molecule has 4 atom stereocenters. The second kappa shape index (κ2) is 10.3. The molecule has 2 heterocycles. The van der Waals surface area contributed by atoms with Crippen LogP contribution in [0.2, 0.25) is 0 Å². The minimum Gasteiger partial charge on any atom is -0.370 e. The van der Waals surface area contributed by atoms with Crippen LogP contribution < -0.4 is 0 Å². The lowest BCUT2D eigenvalue weighted by Crippen LogP contribution is -2.50. The van der Waals surface area contributed by atoms with E-state index < -0.39 is 0 Å². The van der Waals surface area contributed by atoms with E-state index in [1.807, 2.05) is 84.3 Å². The third-order valence-corrected chi connectivity index (χ3v) is 6.57. The predicted octanol–water partition coefficient (Wildman–Crippen LogP) is 3.74. The van der Waals surface area contributed by atoms with Crippen LogP contribution in [0.25, 0.3) is 0 Å². The molecule has 6 nitrogen and oxygen atoms in total. The number of benzene rings is 2. The molecule has 0 spiro atoms. The highest BCUT2D eigenvalue weighted by Gasteiger charge is 2.35. The SMILES string of the molecule is C[C@@H]1[C@@H](c2ccccc2)OCCN1C(=O)CCC(=O)N1CCO[C@H](c2ccccc2)[C@@H]1C. The molecule has 0 saturated carbocycles. The molecule has 0 aromatic heterocycles. The van der Waals surface area contributed by atoms with Crippen LogP contribution in [0.3, 0.4) is 0 Å². The molecule has 0 radical (unpaired) electrons. The van der Waals surface area contributed by atoms with Crippen molar-refractivity contribution in [2.45, 2.75) is 51.0 Å². The Bertz CT molecular complexity index is 829. The summed E-state index contributed by atoms with van der Waals surface area (Å²) in [5, 5.41) is 0. The Balaban J connectivity index is 1.34. The lowest BCUT2D eigenvalue weighted by molar-refractivity contribution is -0.151. The van der Waals surface area contributed by atoms with Gasteiger partial charge in [0.05, 0.1) is 25.3 Å². The summed E-state index contributed by atoms with van der Waals surface area (Å²) in [6.45, 7) is 6.16. The van der Waals surface area contributed by atoms with Crippen molar-refractivity contribution in [3.63, 3.8) is 0 Å². The molecule has 2 fully saturated rings. The first-order valence-corrected chi connectivity index (χ1v) is 11.5. The number of hydrogen-bond donors (Lipinski definition) is 0. The second-order valence-corrected chi connectivity index (χ2v) is 8.56. The van der Waals surface area contributed by atoms with Crippen LogP contribution in [0.1, 0.15) is 50.0 Å². The topological polar surface area (TPSA) is 59.1 Å². The van der Waals surface area contributed by atoms with Crippen molar-refractivity contribution >= 4 is 11.8 Å². The second-order valence-electron chi connectivity index (χ2n) is 8.56. The van der Waals surface area contributed by atoms with E-state index in [2.05, 4.69) is 0 Å². The van der Waals surface area contributed by atoms with Crippen LogP contribution in [0.4, 0.5) is 0 Å². The zero-order chi connectivity index (χ0) is 22.5. The molecule has 2 aromatic carbocycles. The Labute approximate surface area is 190 Å². The first kappa shape index (κ1) is 22.5. The molecule has 2 aliphatic heterocycles. The van der Waals surface area contributed by atoms with Crippen LogP contribution in [0.15, 0.2) is 60.7 Å². The van der Waals surface area contributed by atoms with Gasteiger partial charge in [0.25, 0.3) is 0 Å². The number of ether oxygens (including phenoxy) is 2. The zero-order valence-electron chi connectivity index (χ0n) is 18.9. The maximum Gasteiger partial charge on any atom is 0.223 e. The zero-order valence-corrected chi connectivity index (χ0v) is 18.9. The van der Waals surface area contributed by atoms with Crippen LogP contribution in [-0.4, -0.2) is 60.0 Å². The molecule has 32 heavy (non-hydrogen) atoms. The van der Waals surface area contributed by atoms with E-state index in [0.29, 0.717) is 26.3 Å². The lowest BCUT2D eigenvalue weighted by atomic mass is 9.99. The van der Waals surface area contributed by atoms with E-state index in [4.69, 9.17) is 9.47 Å². The Kier molecular flexibility index (Phi) is 7.22. The molecule has 2 aromatic rings. The Morgan fingerprint density at radius 1 is 0.719 bits per heavy atom. The molecule has 2 aliphatic rings. The van der Waals surface area contributed by atoms with Gasteiger partial charge in [0.2, 0.25) is 11.8 Å². The molecule has 4 rings (SSSR count). The van der Waals surface area contributed by atoms with Gasteiger partial charge in [-0.2, -0.15) is 0 Å². The van der Waals surface area contributed by atoms with Crippen LogP contribution in [0.5, 0.6) is 0 Å². The van der Waals surface area contributed by atoms with Gasteiger partial charge in [0, 0.05) is 25.9 Å². The fraction of sp³-hybridized carbons (Fsp3) is 0.462. The molecular formula is C26H32N2O4.